The maximum atomic E-state index is 12.8. The van der Waals surface area contributed by atoms with Crippen molar-refractivity contribution < 1.29 is 19.6 Å². The Bertz CT molecular complexity index is 986. The molecule has 1 amide bonds. The van der Waals surface area contributed by atoms with E-state index in [1.165, 1.54) is 41.6 Å². The number of aromatic nitrogens is 1. The first-order chi connectivity index (χ1) is 14.3. The average Bonchev–Trinajstić information content (AvgIpc) is 2.98. The molecular weight excluding hydrogens is 388 g/mol. The molecule has 30 heavy (non-hydrogen) atoms. The number of aliphatic hydroxyl groups excluding tert-OH is 1. The molecule has 1 aromatic heterocycles. The molecule has 2 aromatic rings. The van der Waals surface area contributed by atoms with Crippen LogP contribution in [0.2, 0.25) is 0 Å². The van der Waals surface area contributed by atoms with Crippen LogP contribution in [0.25, 0.3) is 5.76 Å². The molecule has 0 radical (unpaired) electrons. The fourth-order valence-corrected chi connectivity index (χ4v) is 3.46. The number of aliphatic hydroxyl groups is 1. The zero-order valence-corrected chi connectivity index (χ0v) is 16.7. The van der Waals surface area contributed by atoms with Gasteiger partial charge in [-0.2, -0.15) is 0 Å². The number of amides is 1. The van der Waals surface area contributed by atoms with Crippen molar-refractivity contribution in [1.29, 1.82) is 0 Å². The van der Waals surface area contributed by atoms with Gasteiger partial charge >= 0.3 is 0 Å². The Hall–Kier alpha value is -3.59. The lowest BCUT2D eigenvalue weighted by atomic mass is 9.95. The molecule has 1 atom stereocenters. The number of rotatable bonds is 7. The number of ketones is 1. The Morgan fingerprint density at radius 3 is 2.37 bits per heavy atom. The van der Waals surface area contributed by atoms with Crippen molar-refractivity contribution in [2.24, 2.45) is 0 Å². The van der Waals surface area contributed by atoms with Crippen LogP contribution < -0.4 is 0 Å². The molecular formula is C21H22N4O5. The topological polar surface area (TPSA) is 117 Å². The number of nitrogens with zero attached hydrogens (tertiary/aromatic N) is 4. The molecule has 0 spiro atoms. The number of carbonyl (C=O) groups excluding carboxylic acids is 2. The van der Waals surface area contributed by atoms with Gasteiger partial charge < -0.3 is 14.9 Å². The number of likely N-dealkylation sites (tertiary alicyclic amines) is 1. The van der Waals surface area contributed by atoms with Crippen molar-refractivity contribution in [2.45, 2.75) is 12.5 Å². The standard InChI is InChI=1S/C21H22N4O5/c1-23(2)12-3-13-24-18(14-4-6-16(7-5-14)25(29)30)17(20(27)21(24)28)19(26)15-8-10-22-11-9-15/h4-11,18,26H,3,12-13H2,1-2H3/t18-/m1/s1. The van der Waals surface area contributed by atoms with Gasteiger partial charge in [0.15, 0.2) is 0 Å². The lowest BCUT2D eigenvalue weighted by Gasteiger charge is -2.25. The first-order valence-electron chi connectivity index (χ1n) is 9.39. The van der Waals surface area contributed by atoms with E-state index in [0.717, 1.165) is 0 Å². The number of carbonyl (C=O) groups is 2. The summed E-state index contributed by atoms with van der Waals surface area (Å²) in [6, 6.07) is 7.91. The van der Waals surface area contributed by atoms with Gasteiger partial charge in [-0.25, -0.2) is 0 Å². The highest BCUT2D eigenvalue weighted by atomic mass is 16.6. The monoisotopic (exact) mass is 410 g/mol. The molecule has 1 saturated heterocycles. The summed E-state index contributed by atoms with van der Waals surface area (Å²) in [6.07, 6.45) is 3.57. The normalized spacial score (nSPS) is 18.2. The SMILES string of the molecule is CN(C)CCCN1C(=O)C(=O)C(=C(O)c2ccncc2)[C@H]1c1ccc([N+](=O)[O-])cc1. The molecule has 3 rings (SSSR count). The van der Waals surface area contributed by atoms with Crippen LogP contribution in [0.5, 0.6) is 0 Å². The first kappa shape index (κ1) is 21.1. The van der Waals surface area contributed by atoms with Crippen molar-refractivity contribution in [1.82, 2.24) is 14.8 Å². The van der Waals surface area contributed by atoms with E-state index in [0.29, 0.717) is 30.6 Å². The maximum Gasteiger partial charge on any atom is 0.295 e. The highest BCUT2D eigenvalue weighted by Crippen LogP contribution is 2.39. The van der Waals surface area contributed by atoms with Crippen molar-refractivity contribution >= 4 is 23.1 Å². The summed E-state index contributed by atoms with van der Waals surface area (Å²) in [6.45, 7) is 1.01. The van der Waals surface area contributed by atoms with Crippen LogP contribution in [0.4, 0.5) is 5.69 Å². The van der Waals surface area contributed by atoms with Crippen molar-refractivity contribution in [3.05, 3.63) is 75.6 Å². The molecule has 0 bridgehead atoms. The van der Waals surface area contributed by atoms with E-state index < -0.39 is 22.7 Å². The molecule has 0 saturated carbocycles. The van der Waals surface area contributed by atoms with Gasteiger partial charge in [-0.1, -0.05) is 0 Å². The molecule has 9 nitrogen and oxygen atoms in total. The van der Waals surface area contributed by atoms with Gasteiger partial charge in [-0.3, -0.25) is 24.7 Å². The van der Waals surface area contributed by atoms with E-state index in [9.17, 15) is 24.8 Å². The first-order valence-corrected chi connectivity index (χ1v) is 9.39. The number of hydrogen-bond donors (Lipinski definition) is 1. The Morgan fingerprint density at radius 1 is 1.17 bits per heavy atom. The molecule has 1 fully saturated rings. The average molecular weight is 410 g/mol. The number of nitro benzene ring substituents is 1. The summed E-state index contributed by atoms with van der Waals surface area (Å²) >= 11 is 0. The second-order valence-corrected chi connectivity index (χ2v) is 7.23. The summed E-state index contributed by atoms with van der Waals surface area (Å²) in [5.74, 6) is -1.78. The van der Waals surface area contributed by atoms with Crippen molar-refractivity contribution in [2.75, 3.05) is 27.2 Å². The third-order valence-electron chi connectivity index (χ3n) is 4.92. The molecule has 156 valence electrons. The molecule has 2 heterocycles. The summed E-state index contributed by atoms with van der Waals surface area (Å²) in [4.78, 5) is 43.4. The predicted octanol–water partition coefficient (Wildman–Crippen LogP) is 2.36. The minimum Gasteiger partial charge on any atom is -0.507 e. The smallest absolute Gasteiger partial charge is 0.295 e. The molecule has 1 aliphatic heterocycles. The lowest BCUT2D eigenvalue weighted by molar-refractivity contribution is -0.384. The summed E-state index contributed by atoms with van der Waals surface area (Å²) in [7, 11) is 3.82. The lowest BCUT2D eigenvalue weighted by Crippen LogP contribution is -2.32. The molecule has 9 heteroatoms. The van der Waals surface area contributed by atoms with Crippen molar-refractivity contribution in [3.8, 4) is 0 Å². The Labute approximate surface area is 173 Å². The highest BCUT2D eigenvalue weighted by molar-refractivity contribution is 6.46. The van der Waals surface area contributed by atoms with Crippen LogP contribution in [-0.2, 0) is 9.59 Å². The van der Waals surface area contributed by atoms with E-state index >= 15 is 0 Å². The zero-order chi connectivity index (χ0) is 21.8. The number of Topliss-reactive ketones (excluding diaryl/α,β-unsaturated/α-hetero) is 1. The van der Waals surface area contributed by atoms with Crippen LogP contribution >= 0.6 is 0 Å². The van der Waals surface area contributed by atoms with Gasteiger partial charge in [0.1, 0.15) is 5.76 Å². The van der Waals surface area contributed by atoms with Crippen LogP contribution in [0.3, 0.4) is 0 Å². The highest BCUT2D eigenvalue weighted by Gasteiger charge is 2.45. The number of benzene rings is 1. The number of hydrogen-bond acceptors (Lipinski definition) is 7. The van der Waals surface area contributed by atoms with Gasteiger partial charge in [0, 0.05) is 36.6 Å². The fourth-order valence-electron chi connectivity index (χ4n) is 3.46. The van der Waals surface area contributed by atoms with Crippen LogP contribution in [0, 0.1) is 10.1 Å². The van der Waals surface area contributed by atoms with E-state index in [1.807, 2.05) is 19.0 Å². The quantitative estimate of drug-likeness (QED) is 0.245. The maximum absolute atomic E-state index is 12.8. The third-order valence-corrected chi connectivity index (χ3v) is 4.92. The summed E-state index contributed by atoms with van der Waals surface area (Å²) in [5, 5.41) is 21.8. The molecule has 0 unspecified atom stereocenters. The van der Waals surface area contributed by atoms with E-state index in [4.69, 9.17) is 0 Å². The van der Waals surface area contributed by atoms with Crippen LogP contribution in [-0.4, -0.2) is 63.7 Å². The molecule has 1 aliphatic rings. The third kappa shape index (κ3) is 4.20. The Morgan fingerprint density at radius 2 is 1.80 bits per heavy atom. The molecule has 0 aliphatic carbocycles. The molecule has 1 aromatic carbocycles. The van der Waals surface area contributed by atoms with E-state index in [2.05, 4.69) is 4.98 Å². The minimum atomic E-state index is -0.832. The Kier molecular flexibility index (Phi) is 6.22. The Balaban J connectivity index is 2.08. The fraction of sp³-hybridized carbons (Fsp3) is 0.286. The number of non-ortho nitro benzene ring substituents is 1. The van der Waals surface area contributed by atoms with E-state index in [1.54, 1.807) is 12.1 Å². The largest absolute Gasteiger partial charge is 0.507 e. The summed E-state index contributed by atoms with van der Waals surface area (Å²) in [5.41, 5.74) is 0.741. The van der Waals surface area contributed by atoms with Crippen LogP contribution in [0.15, 0.2) is 54.4 Å². The predicted molar refractivity (Wildman–Crippen MR) is 110 cm³/mol. The minimum absolute atomic E-state index is 0.0371. The van der Waals surface area contributed by atoms with Crippen LogP contribution in [0.1, 0.15) is 23.6 Å². The number of nitro groups is 1. The second-order valence-electron chi connectivity index (χ2n) is 7.23. The van der Waals surface area contributed by atoms with Crippen molar-refractivity contribution in [3.63, 3.8) is 0 Å². The molecule has 1 N–H and O–H groups in total. The van der Waals surface area contributed by atoms with Gasteiger partial charge in [0.05, 0.1) is 16.5 Å². The summed E-state index contributed by atoms with van der Waals surface area (Å²) < 4.78 is 0. The van der Waals surface area contributed by atoms with E-state index in [-0.39, 0.29) is 17.0 Å². The number of pyridine rings is 1. The van der Waals surface area contributed by atoms with Gasteiger partial charge in [-0.05, 0) is 56.9 Å². The second kappa shape index (κ2) is 8.83. The van der Waals surface area contributed by atoms with Gasteiger partial charge in [0.25, 0.3) is 17.4 Å². The van der Waals surface area contributed by atoms with Gasteiger partial charge in [-0.15, -0.1) is 0 Å². The van der Waals surface area contributed by atoms with Gasteiger partial charge in [0.2, 0.25) is 0 Å². The zero-order valence-electron chi connectivity index (χ0n) is 16.7.